The van der Waals surface area contributed by atoms with Crippen molar-refractivity contribution in [2.45, 2.75) is 20.9 Å². The summed E-state index contributed by atoms with van der Waals surface area (Å²) in [6.45, 7) is 0.820. The van der Waals surface area contributed by atoms with Gasteiger partial charge in [0.05, 0.1) is 0 Å². The first-order chi connectivity index (χ1) is 9.41. The summed E-state index contributed by atoms with van der Waals surface area (Å²) >= 11 is -2.05. The Kier molecular flexibility index (Phi) is 4.57. The fourth-order valence-electron chi connectivity index (χ4n) is 2.16. The molecular formula is C14H20N2O3Sn. The zero-order valence-electron chi connectivity index (χ0n) is 12.1. The van der Waals surface area contributed by atoms with Crippen molar-refractivity contribution in [2.24, 2.45) is 0 Å². The molecule has 0 aliphatic carbocycles. The summed E-state index contributed by atoms with van der Waals surface area (Å²) in [5.41, 5.74) is 0.850. The van der Waals surface area contributed by atoms with E-state index in [0.717, 1.165) is 5.69 Å². The summed E-state index contributed by atoms with van der Waals surface area (Å²) in [5, 5.41) is 2.54. The molecule has 1 aliphatic rings. The molecule has 0 bridgehead atoms. The molecule has 0 unspecified atom stereocenters. The predicted octanol–water partition coefficient (Wildman–Crippen LogP) is 1.30. The number of carbonyl (C=O) groups excluding carboxylic acids is 2. The minimum atomic E-state index is -2.05. The van der Waals surface area contributed by atoms with Gasteiger partial charge in [-0.15, -0.1) is 0 Å². The van der Waals surface area contributed by atoms with Crippen molar-refractivity contribution in [3.63, 3.8) is 0 Å². The van der Waals surface area contributed by atoms with E-state index >= 15 is 0 Å². The summed E-state index contributed by atoms with van der Waals surface area (Å²) in [6.07, 6.45) is -0.0226. The number of hydrogen-bond acceptors (Lipinski definition) is 3. The van der Waals surface area contributed by atoms with Crippen LogP contribution in [-0.2, 0) is 9.53 Å². The monoisotopic (exact) mass is 384 g/mol. The van der Waals surface area contributed by atoms with Gasteiger partial charge in [0.2, 0.25) is 0 Å². The van der Waals surface area contributed by atoms with Gasteiger partial charge in [0.1, 0.15) is 0 Å². The topological polar surface area (TPSA) is 58.6 Å². The van der Waals surface area contributed by atoms with Crippen molar-refractivity contribution < 1.29 is 14.3 Å². The Balaban J connectivity index is 2.08. The van der Waals surface area contributed by atoms with Crippen molar-refractivity contribution in [1.82, 2.24) is 5.32 Å². The van der Waals surface area contributed by atoms with Gasteiger partial charge in [-0.05, 0) is 0 Å². The van der Waals surface area contributed by atoms with Crippen LogP contribution in [-0.4, -0.2) is 50.1 Å². The Bertz CT molecular complexity index is 496. The molecule has 1 saturated heterocycles. The van der Waals surface area contributed by atoms with E-state index in [0.29, 0.717) is 19.5 Å². The normalized spacial score (nSPS) is 18.9. The first-order valence-electron chi connectivity index (χ1n) is 6.67. The Hall–Kier alpha value is -1.24. The Morgan fingerprint density at radius 2 is 2.00 bits per heavy atom. The number of benzene rings is 1. The molecule has 0 radical (unpaired) electrons. The van der Waals surface area contributed by atoms with Crippen molar-refractivity contribution in [1.29, 1.82) is 0 Å². The second kappa shape index (κ2) is 6.03. The third kappa shape index (κ3) is 3.44. The number of cyclic esters (lactones) is 1. The summed E-state index contributed by atoms with van der Waals surface area (Å²) in [4.78, 5) is 30.8. The molecule has 108 valence electrons. The van der Waals surface area contributed by atoms with Crippen LogP contribution >= 0.6 is 0 Å². The molecular weight excluding hydrogens is 363 g/mol. The van der Waals surface area contributed by atoms with E-state index < -0.39 is 18.4 Å². The molecule has 1 aromatic rings. The van der Waals surface area contributed by atoms with Crippen LogP contribution in [0.2, 0.25) is 14.8 Å². The first kappa shape index (κ1) is 15.2. The molecule has 5 nitrogen and oxygen atoms in total. The van der Waals surface area contributed by atoms with Crippen LogP contribution in [0.4, 0.5) is 10.5 Å². The van der Waals surface area contributed by atoms with Gasteiger partial charge in [-0.25, -0.2) is 0 Å². The number of amides is 2. The van der Waals surface area contributed by atoms with Crippen molar-refractivity contribution in [3.05, 3.63) is 24.3 Å². The molecule has 1 heterocycles. The number of hydrogen-bond donors (Lipinski definition) is 1. The molecule has 1 aromatic carbocycles. The van der Waals surface area contributed by atoms with E-state index in [1.54, 1.807) is 4.90 Å². The van der Waals surface area contributed by atoms with Gasteiger partial charge in [0.15, 0.2) is 0 Å². The number of carbonyl (C=O) groups is 2. The van der Waals surface area contributed by atoms with E-state index in [1.165, 1.54) is 3.58 Å². The third-order valence-corrected chi connectivity index (χ3v) is 9.24. The van der Waals surface area contributed by atoms with Gasteiger partial charge < -0.3 is 0 Å². The molecule has 2 amide bonds. The van der Waals surface area contributed by atoms with E-state index in [-0.39, 0.29) is 12.2 Å². The van der Waals surface area contributed by atoms with Crippen molar-refractivity contribution >= 4 is 40.1 Å². The Morgan fingerprint density at radius 3 is 2.55 bits per heavy atom. The molecule has 2 rings (SSSR count). The second-order valence-electron chi connectivity index (χ2n) is 5.94. The molecule has 1 N–H and O–H groups in total. The van der Waals surface area contributed by atoms with Gasteiger partial charge in [0, 0.05) is 0 Å². The summed E-state index contributed by atoms with van der Waals surface area (Å²) < 4.78 is 6.63. The van der Waals surface area contributed by atoms with Crippen molar-refractivity contribution in [3.8, 4) is 0 Å². The predicted molar refractivity (Wildman–Crippen MR) is 81.1 cm³/mol. The molecule has 0 saturated carbocycles. The first-order valence-corrected chi connectivity index (χ1v) is 16.7. The Labute approximate surface area is 123 Å². The van der Waals surface area contributed by atoms with E-state index in [4.69, 9.17) is 4.74 Å². The van der Waals surface area contributed by atoms with Crippen LogP contribution < -0.4 is 13.8 Å². The molecule has 0 aromatic heterocycles. The maximum absolute atomic E-state index is 11.8. The van der Waals surface area contributed by atoms with E-state index in [1.807, 2.05) is 12.1 Å². The molecule has 0 spiro atoms. The zero-order chi connectivity index (χ0) is 14.8. The van der Waals surface area contributed by atoms with Crippen molar-refractivity contribution in [2.75, 3.05) is 18.0 Å². The minimum absolute atomic E-state index is 0.283. The number of anilines is 1. The number of ether oxygens (including phenoxy) is 1. The van der Waals surface area contributed by atoms with Crippen LogP contribution in [0.1, 0.15) is 0 Å². The van der Waals surface area contributed by atoms with Crippen LogP contribution in [0.25, 0.3) is 0 Å². The van der Waals surface area contributed by atoms with E-state index in [9.17, 15) is 9.59 Å². The Morgan fingerprint density at radius 1 is 1.35 bits per heavy atom. The summed E-state index contributed by atoms with van der Waals surface area (Å²) in [6, 6.07) is 8.20. The van der Waals surface area contributed by atoms with Gasteiger partial charge >= 0.3 is 123 Å². The van der Waals surface area contributed by atoms with Gasteiger partial charge in [-0.2, -0.15) is 0 Å². The second-order valence-corrected chi connectivity index (χ2v) is 20.4. The van der Waals surface area contributed by atoms with Gasteiger partial charge in [-0.3, -0.25) is 0 Å². The van der Waals surface area contributed by atoms with Crippen LogP contribution in [0.3, 0.4) is 0 Å². The van der Waals surface area contributed by atoms with Crippen LogP contribution in [0.15, 0.2) is 24.3 Å². The molecule has 1 atom stereocenters. The molecule has 20 heavy (non-hydrogen) atoms. The van der Waals surface area contributed by atoms with E-state index in [2.05, 4.69) is 32.3 Å². The average molecular weight is 383 g/mol. The van der Waals surface area contributed by atoms with Crippen LogP contribution in [0, 0.1) is 0 Å². The fourth-order valence-corrected chi connectivity index (χ4v) is 5.49. The SMILES string of the molecule is [CH3][Sn]([CH3])([CH3])[c]1ccc(N2C[C@H](CNC=O)OC2=O)cc1. The maximum atomic E-state index is 11.8. The quantitative estimate of drug-likeness (QED) is 0.616. The van der Waals surface area contributed by atoms with Gasteiger partial charge in [-0.1, -0.05) is 0 Å². The summed E-state index contributed by atoms with van der Waals surface area (Å²) in [5.74, 6) is 0. The fraction of sp³-hybridized carbons (Fsp3) is 0.429. The van der Waals surface area contributed by atoms with Crippen LogP contribution in [0.5, 0.6) is 0 Å². The third-order valence-electron chi connectivity index (χ3n) is 3.35. The number of nitrogens with zero attached hydrogens (tertiary/aromatic N) is 1. The zero-order valence-corrected chi connectivity index (χ0v) is 14.9. The molecule has 1 fully saturated rings. The molecule has 1 aliphatic heterocycles. The molecule has 6 heteroatoms. The van der Waals surface area contributed by atoms with Gasteiger partial charge in [0.25, 0.3) is 0 Å². The number of rotatable bonds is 5. The average Bonchev–Trinajstić information content (AvgIpc) is 2.77. The summed E-state index contributed by atoms with van der Waals surface area (Å²) in [7, 11) is 0. The standard InChI is InChI=1S/C11H11N2O3.3CH3.Sn/c14-8-12-6-10-7-13(11(15)16-10)9-4-2-1-3-5-9;;;;/h2-5,8,10H,6-7H2,(H,12,14);3*1H3;/t10-;;;;/m0..../s1. The number of nitrogens with one attached hydrogen (secondary N) is 1.